The predicted octanol–water partition coefficient (Wildman–Crippen LogP) is 3.09. The molecule has 1 aromatic heterocycles. The zero-order chi connectivity index (χ0) is 18.2. The summed E-state index contributed by atoms with van der Waals surface area (Å²) in [6.07, 6.45) is 8.92. The van der Waals surface area contributed by atoms with Crippen LogP contribution in [0.25, 0.3) is 0 Å². The van der Waals surface area contributed by atoms with Crippen LogP contribution in [-0.2, 0) is 11.2 Å². The van der Waals surface area contributed by atoms with E-state index in [1.807, 2.05) is 30.5 Å². The molecule has 1 aromatic carbocycles. The number of methoxy groups -OCH3 is 1. The smallest absolute Gasteiger partial charge is 0.225 e. The summed E-state index contributed by atoms with van der Waals surface area (Å²) < 4.78 is 5.12. The van der Waals surface area contributed by atoms with Crippen LogP contribution < -0.4 is 10.1 Å². The molecule has 1 fully saturated rings. The third-order valence-electron chi connectivity index (χ3n) is 5.11. The highest BCUT2D eigenvalue weighted by atomic mass is 16.5. The van der Waals surface area contributed by atoms with Crippen molar-refractivity contribution in [3.63, 3.8) is 0 Å². The van der Waals surface area contributed by atoms with E-state index in [0.717, 1.165) is 43.4 Å². The molecular formula is C20H28N4O2. The molecule has 0 spiro atoms. The van der Waals surface area contributed by atoms with Crippen LogP contribution in [0.4, 0.5) is 5.69 Å². The molecule has 1 aliphatic heterocycles. The van der Waals surface area contributed by atoms with Crippen molar-refractivity contribution in [3.05, 3.63) is 42.5 Å². The Kier molecular flexibility index (Phi) is 6.66. The van der Waals surface area contributed by atoms with Gasteiger partial charge in [-0.25, -0.2) is 4.98 Å². The monoisotopic (exact) mass is 356 g/mol. The highest BCUT2D eigenvalue weighted by molar-refractivity contribution is 5.90. The fraction of sp³-hybridized carbons (Fsp3) is 0.500. The molecule has 1 aliphatic rings. The van der Waals surface area contributed by atoms with Gasteiger partial charge in [0.2, 0.25) is 5.91 Å². The van der Waals surface area contributed by atoms with Gasteiger partial charge in [-0.05, 0) is 69.0 Å². The van der Waals surface area contributed by atoms with Crippen molar-refractivity contribution in [1.82, 2.24) is 14.9 Å². The minimum atomic E-state index is 0.0662. The number of nitrogens with zero attached hydrogens (tertiary/aromatic N) is 2. The number of rotatable bonds is 8. The SMILES string of the molecule is COc1ccc(NC(=O)CCN2CCC(CCc3cnc[nH]3)CC2)cc1. The Morgan fingerprint density at radius 3 is 2.73 bits per heavy atom. The van der Waals surface area contributed by atoms with Gasteiger partial charge in [0.05, 0.1) is 13.4 Å². The number of H-pyrrole nitrogens is 1. The van der Waals surface area contributed by atoms with Crippen LogP contribution >= 0.6 is 0 Å². The van der Waals surface area contributed by atoms with E-state index in [1.54, 1.807) is 13.4 Å². The Hall–Kier alpha value is -2.34. The summed E-state index contributed by atoms with van der Waals surface area (Å²) in [6, 6.07) is 7.43. The molecule has 2 N–H and O–H groups in total. The van der Waals surface area contributed by atoms with E-state index in [0.29, 0.717) is 6.42 Å². The second kappa shape index (κ2) is 9.38. The van der Waals surface area contributed by atoms with Crippen molar-refractivity contribution < 1.29 is 9.53 Å². The second-order valence-corrected chi connectivity index (χ2v) is 6.93. The predicted molar refractivity (Wildman–Crippen MR) is 102 cm³/mol. The van der Waals surface area contributed by atoms with E-state index in [9.17, 15) is 4.79 Å². The van der Waals surface area contributed by atoms with E-state index >= 15 is 0 Å². The van der Waals surface area contributed by atoms with Crippen LogP contribution in [0.1, 0.15) is 31.4 Å². The molecular weight excluding hydrogens is 328 g/mol. The molecule has 0 bridgehead atoms. The summed E-state index contributed by atoms with van der Waals surface area (Å²) in [7, 11) is 1.63. The van der Waals surface area contributed by atoms with E-state index in [1.165, 1.54) is 25.0 Å². The number of carbonyl (C=O) groups excluding carboxylic acids is 1. The third-order valence-corrected chi connectivity index (χ3v) is 5.11. The number of piperidine rings is 1. The summed E-state index contributed by atoms with van der Waals surface area (Å²) in [6.45, 7) is 3.00. The van der Waals surface area contributed by atoms with Crippen LogP contribution in [-0.4, -0.2) is 47.5 Å². The van der Waals surface area contributed by atoms with Gasteiger partial charge in [-0.15, -0.1) is 0 Å². The number of aromatic nitrogens is 2. The zero-order valence-corrected chi connectivity index (χ0v) is 15.4. The minimum absolute atomic E-state index is 0.0662. The maximum atomic E-state index is 12.1. The third kappa shape index (κ3) is 5.59. The van der Waals surface area contributed by atoms with Crippen LogP contribution in [0.15, 0.2) is 36.8 Å². The number of amides is 1. The van der Waals surface area contributed by atoms with Gasteiger partial charge < -0.3 is 19.9 Å². The van der Waals surface area contributed by atoms with Crippen LogP contribution in [0.3, 0.4) is 0 Å². The summed E-state index contributed by atoms with van der Waals surface area (Å²) in [5.41, 5.74) is 2.04. The molecule has 6 heteroatoms. The molecule has 2 aromatic rings. The summed E-state index contributed by atoms with van der Waals surface area (Å²) in [5.74, 6) is 1.64. The quantitative estimate of drug-likeness (QED) is 0.762. The average molecular weight is 356 g/mol. The van der Waals surface area contributed by atoms with E-state index in [4.69, 9.17) is 4.74 Å². The van der Waals surface area contributed by atoms with Crippen molar-refractivity contribution in [2.24, 2.45) is 5.92 Å². The lowest BCUT2D eigenvalue weighted by Gasteiger charge is -2.31. The highest BCUT2D eigenvalue weighted by Gasteiger charge is 2.19. The topological polar surface area (TPSA) is 70.2 Å². The Morgan fingerprint density at radius 1 is 1.31 bits per heavy atom. The number of aromatic amines is 1. The first-order chi connectivity index (χ1) is 12.7. The standard InChI is InChI=1S/C20H28N4O2/c1-26-19-6-4-17(5-7-19)23-20(25)10-13-24-11-8-16(9-12-24)2-3-18-14-21-15-22-18/h4-7,14-16H,2-3,8-13H2,1H3,(H,21,22)(H,23,25). The second-order valence-electron chi connectivity index (χ2n) is 6.93. The van der Waals surface area contributed by atoms with Crippen molar-refractivity contribution in [3.8, 4) is 5.75 Å². The molecule has 0 saturated carbocycles. The van der Waals surface area contributed by atoms with Gasteiger partial charge in [-0.3, -0.25) is 4.79 Å². The number of hydrogen-bond acceptors (Lipinski definition) is 4. The first-order valence-corrected chi connectivity index (χ1v) is 9.36. The summed E-state index contributed by atoms with van der Waals surface area (Å²) >= 11 is 0. The van der Waals surface area contributed by atoms with E-state index in [-0.39, 0.29) is 5.91 Å². The Morgan fingerprint density at radius 2 is 2.08 bits per heavy atom. The Labute approximate surface area is 155 Å². The molecule has 0 radical (unpaired) electrons. The number of nitrogens with one attached hydrogen (secondary N) is 2. The Bertz CT molecular complexity index is 662. The molecule has 0 unspecified atom stereocenters. The lowest BCUT2D eigenvalue weighted by molar-refractivity contribution is -0.116. The number of ether oxygens (including phenoxy) is 1. The zero-order valence-electron chi connectivity index (χ0n) is 15.4. The lowest BCUT2D eigenvalue weighted by atomic mass is 9.91. The largest absolute Gasteiger partial charge is 0.497 e. The normalized spacial score (nSPS) is 15.7. The van der Waals surface area contributed by atoms with Crippen LogP contribution in [0.2, 0.25) is 0 Å². The van der Waals surface area contributed by atoms with Gasteiger partial charge in [0.25, 0.3) is 0 Å². The molecule has 3 rings (SSSR count). The van der Waals surface area contributed by atoms with Gasteiger partial charge in [0.15, 0.2) is 0 Å². The number of benzene rings is 1. The number of hydrogen-bond donors (Lipinski definition) is 2. The van der Waals surface area contributed by atoms with Crippen LogP contribution in [0, 0.1) is 5.92 Å². The fourth-order valence-electron chi connectivity index (χ4n) is 3.44. The van der Waals surface area contributed by atoms with Crippen molar-refractivity contribution in [2.45, 2.75) is 32.1 Å². The molecule has 2 heterocycles. The molecule has 6 nitrogen and oxygen atoms in total. The van der Waals surface area contributed by atoms with Crippen LogP contribution in [0.5, 0.6) is 5.75 Å². The van der Waals surface area contributed by atoms with Gasteiger partial charge in [0.1, 0.15) is 5.75 Å². The maximum absolute atomic E-state index is 12.1. The number of carbonyl (C=O) groups is 1. The molecule has 1 saturated heterocycles. The van der Waals surface area contributed by atoms with E-state index < -0.39 is 0 Å². The van der Waals surface area contributed by atoms with Gasteiger partial charge in [-0.2, -0.15) is 0 Å². The maximum Gasteiger partial charge on any atom is 0.225 e. The van der Waals surface area contributed by atoms with Crippen molar-refractivity contribution in [2.75, 3.05) is 32.1 Å². The first kappa shape index (κ1) is 18.5. The van der Waals surface area contributed by atoms with Gasteiger partial charge >= 0.3 is 0 Å². The first-order valence-electron chi connectivity index (χ1n) is 9.36. The fourth-order valence-corrected chi connectivity index (χ4v) is 3.44. The van der Waals surface area contributed by atoms with Gasteiger partial charge in [-0.1, -0.05) is 0 Å². The molecule has 1 amide bonds. The minimum Gasteiger partial charge on any atom is -0.497 e. The average Bonchev–Trinajstić information content (AvgIpc) is 3.20. The molecule has 0 aliphatic carbocycles. The highest BCUT2D eigenvalue weighted by Crippen LogP contribution is 2.22. The number of aryl methyl sites for hydroxylation is 1. The number of imidazole rings is 1. The number of likely N-dealkylation sites (tertiary alicyclic amines) is 1. The van der Waals surface area contributed by atoms with Gasteiger partial charge in [0, 0.05) is 30.5 Å². The summed E-state index contributed by atoms with van der Waals surface area (Å²) in [5, 5.41) is 2.95. The molecule has 26 heavy (non-hydrogen) atoms. The van der Waals surface area contributed by atoms with Crippen molar-refractivity contribution >= 4 is 11.6 Å². The molecule has 0 atom stereocenters. The summed E-state index contributed by atoms with van der Waals surface area (Å²) in [4.78, 5) is 21.8. The van der Waals surface area contributed by atoms with Crippen molar-refractivity contribution in [1.29, 1.82) is 0 Å². The number of anilines is 1. The van der Waals surface area contributed by atoms with E-state index in [2.05, 4.69) is 20.2 Å². The lowest BCUT2D eigenvalue weighted by Crippen LogP contribution is -2.35. The molecule has 140 valence electrons. The Balaban J connectivity index is 1.32.